The minimum absolute atomic E-state index is 0.0448. The van der Waals surface area contributed by atoms with Crippen LogP contribution in [0.2, 0.25) is 5.02 Å². The molecule has 0 spiro atoms. The van der Waals surface area contributed by atoms with Gasteiger partial charge in [0, 0.05) is 32.2 Å². The molecular formula is C20H29ClN2O3. The SMILES string of the molecule is COc1cccc(C(=O)N2CCN3CC(O)(CC(C)C)CCC3C2)c1Cl. The highest BCUT2D eigenvalue weighted by atomic mass is 35.5. The van der Waals surface area contributed by atoms with Gasteiger partial charge in [0.25, 0.3) is 5.91 Å². The van der Waals surface area contributed by atoms with Crippen molar-refractivity contribution in [2.24, 2.45) is 5.92 Å². The molecule has 2 atom stereocenters. The van der Waals surface area contributed by atoms with E-state index in [1.807, 2.05) is 4.90 Å². The van der Waals surface area contributed by atoms with Gasteiger partial charge >= 0.3 is 0 Å². The Bertz CT molecular complexity index is 666. The number of methoxy groups -OCH3 is 1. The van der Waals surface area contributed by atoms with Crippen LogP contribution in [0.25, 0.3) is 0 Å². The number of ether oxygens (including phenoxy) is 1. The van der Waals surface area contributed by atoms with Gasteiger partial charge in [0.2, 0.25) is 0 Å². The third-order valence-electron chi connectivity index (χ3n) is 5.53. The first-order valence-electron chi connectivity index (χ1n) is 9.41. The van der Waals surface area contributed by atoms with Gasteiger partial charge < -0.3 is 14.7 Å². The standard InChI is InChI=1S/C20H29ClN2O3/c1-14(2)11-20(25)8-7-15-12-22(9-10-23(15)13-20)19(24)16-5-4-6-17(26-3)18(16)21/h4-6,14-15,25H,7-13H2,1-3H3. The molecule has 0 aliphatic carbocycles. The average molecular weight is 381 g/mol. The average Bonchev–Trinajstić information content (AvgIpc) is 2.60. The normalized spacial score (nSPS) is 26.7. The summed E-state index contributed by atoms with van der Waals surface area (Å²) in [7, 11) is 1.55. The van der Waals surface area contributed by atoms with Gasteiger partial charge in [0.1, 0.15) is 5.75 Å². The van der Waals surface area contributed by atoms with Crippen molar-refractivity contribution >= 4 is 17.5 Å². The molecule has 2 aliphatic rings. The number of amides is 1. The van der Waals surface area contributed by atoms with Crippen molar-refractivity contribution in [2.75, 3.05) is 33.3 Å². The molecule has 2 saturated heterocycles. The number of benzene rings is 1. The van der Waals surface area contributed by atoms with Crippen molar-refractivity contribution in [1.29, 1.82) is 0 Å². The lowest BCUT2D eigenvalue weighted by molar-refractivity contribution is -0.0794. The Balaban J connectivity index is 1.67. The molecule has 6 heteroatoms. The Labute approximate surface area is 160 Å². The van der Waals surface area contributed by atoms with Crippen LogP contribution in [0, 0.1) is 5.92 Å². The van der Waals surface area contributed by atoms with E-state index in [2.05, 4.69) is 18.7 Å². The zero-order chi connectivity index (χ0) is 18.9. The third-order valence-corrected chi connectivity index (χ3v) is 5.92. The van der Waals surface area contributed by atoms with Crippen molar-refractivity contribution in [3.8, 4) is 5.75 Å². The summed E-state index contributed by atoms with van der Waals surface area (Å²) in [6.45, 7) is 7.14. The zero-order valence-corrected chi connectivity index (χ0v) is 16.6. The molecule has 0 saturated carbocycles. The second-order valence-corrected chi connectivity index (χ2v) is 8.44. The summed E-state index contributed by atoms with van der Waals surface area (Å²) in [5, 5.41) is 11.2. The molecule has 1 amide bonds. The van der Waals surface area contributed by atoms with Crippen molar-refractivity contribution in [1.82, 2.24) is 9.80 Å². The van der Waals surface area contributed by atoms with Gasteiger partial charge in [-0.2, -0.15) is 0 Å². The van der Waals surface area contributed by atoms with Gasteiger partial charge in [-0.1, -0.05) is 31.5 Å². The highest BCUT2D eigenvalue weighted by Crippen LogP contribution is 2.34. The van der Waals surface area contributed by atoms with Crippen LogP contribution in [-0.2, 0) is 0 Å². The van der Waals surface area contributed by atoms with Crippen LogP contribution in [0.3, 0.4) is 0 Å². The lowest BCUT2D eigenvalue weighted by Crippen LogP contribution is -2.61. The molecule has 2 fully saturated rings. The quantitative estimate of drug-likeness (QED) is 0.872. The van der Waals surface area contributed by atoms with Gasteiger partial charge in [-0.15, -0.1) is 0 Å². The van der Waals surface area contributed by atoms with Gasteiger partial charge in [0.15, 0.2) is 0 Å². The molecule has 0 aromatic heterocycles. The third kappa shape index (κ3) is 4.00. The van der Waals surface area contributed by atoms with E-state index in [1.54, 1.807) is 25.3 Å². The number of carbonyl (C=O) groups is 1. The number of aliphatic hydroxyl groups is 1. The molecule has 26 heavy (non-hydrogen) atoms. The minimum Gasteiger partial charge on any atom is -0.495 e. The summed E-state index contributed by atoms with van der Waals surface area (Å²) in [6, 6.07) is 5.61. The molecule has 1 aromatic rings. The zero-order valence-electron chi connectivity index (χ0n) is 15.9. The summed E-state index contributed by atoms with van der Waals surface area (Å²) in [5.41, 5.74) is -0.0981. The van der Waals surface area contributed by atoms with Gasteiger partial charge in [-0.05, 0) is 37.3 Å². The Hall–Kier alpha value is -1.30. The van der Waals surface area contributed by atoms with Gasteiger partial charge in [-0.25, -0.2) is 0 Å². The molecule has 2 aliphatic heterocycles. The van der Waals surface area contributed by atoms with Crippen LogP contribution in [0.5, 0.6) is 5.75 Å². The van der Waals surface area contributed by atoms with Crippen molar-refractivity contribution in [3.63, 3.8) is 0 Å². The number of fused-ring (bicyclic) bond motifs is 1. The van der Waals surface area contributed by atoms with E-state index in [9.17, 15) is 9.90 Å². The maximum absolute atomic E-state index is 13.0. The predicted molar refractivity (Wildman–Crippen MR) is 103 cm³/mol. The van der Waals surface area contributed by atoms with E-state index >= 15 is 0 Å². The fourth-order valence-corrected chi connectivity index (χ4v) is 4.67. The van der Waals surface area contributed by atoms with Crippen LogP contribution >= 0.6 is 11.6 Å². The number of piperazine rings is 1. The van der Waals surface area contributed by atoms with E-state index in [4.69, 9.17) is 16.3 Å². The van der Waals surface area contributed by atoms with Crippen molar-refractivity contribution in [2.45, 2.75) is 44.8 Å². The number of rotatable bonds is 4. The summed E-state index contributed by atoms with van der Waals surface area (Å²) in [4.78, 5) is 17.2. The Kier molecular flexibility index (Phi) is 5.80. The Morgan fingerprint density at radius 1 is 1.42 bits per heavy atom. The first-order chi connectivity index (χ1) is 12.3. The van der Waals surface area contributed by atoms with Crippen LogP contribution in [0.15, 0.2) is 18.2 Å². The molecule has 1 N–H and O–H groups in total. The van der Waals surface area contributed by atoms with Crippen LogP contribution in [0.4, 0.5) is 0 Å². The number of nitrogens with zero attached hydrogens (tertiary/aromatic N) is 2. The lowest BCUT2D eigenvalue weighted by Gasteiger charge is -2.49. The van der Waals surface area contributed by atoms with Gasteiger partial charge in [-0.3, -0.25) is 9.69 Å². The van der Waals surface area contributed by atoms with Crippen molar-refractivity contribution < 1.29 is 14.6 Å². The number of carbonyl (C=O) groups excluding carboxylic acids is 1. The highest BCUT2D eigenvalue weighted by Gasteiger charge is 2.41. The number of hydrogen-bond donors (Lipinski definition) is 1. The Morgan fingerprint density at radius 2 is 2.19 bits per heavy atom. The summed E-state index contributed by atoms with van der Waals surface area (Å²) in [5.74, 6) is 0.957. The predicted octanol–water partition coefficient (Wildman–Crippen LogP) is 3.05. The molecule has 3 rings (SSSR count). The molecule has 144 valence electrons. The second-order valence-electron chi connectivity index (χ2n) is 8.06. The monoisotopic (exact) mass is 380 g/mol. The second kappa shape index (κ2) is 7.75. The fourth-order valence-electron chi connectivity index (χ4n) is 4.38. The molecule has 2 unspecified atom stereocenters. The van der Waals surface area contributed by atoms with Crippen LogP contribution < -0.4 is 4.74 Å². The summed E-state index contributed by atoms with van der Waals surface area (Å²) < 4.78 is 5.22. The molecule has 0 bridgehead atoms. The topological polar surface area (TPSA) is 53.0 Å². The number of halogens is 1. The van der Waals surface area contributed by atoms with Crippen LogP contribution in [0.1, 0.15) is 43.5 Å². The smallest absolute Gasteiger partial charge is 0.255 e. The molecule has 0 radical (unpaired) electrons. The number of hydrogen-bond acceptors (Lipinski definition) is 4. The largest absolute Gasteiger partial charge is 0.495 e. The van der Waals surface area contributed by atoms with Crippen molar-refractivity contribution in [3.05, 3.63) is 28.8 Å². The summed E-state index contributed by atoms with van der Waals surface area (Å²) >= 11 is 6.33. The lowest BCUT2D eigenvalue weighted by atomic mass is 9.82. The molecule has 5 nitrogen and oxygen atoms in total. The van der Waals surface area contributed by atoms with Crippen LogP contribution in [-0.4, -0.2) is 65.7 Å². The maximum Gasteiger partial charge on any atom is 0.255 e. The first-order valence-corrected chi connectivity index (χ1v) is 9.79. The first kappa shape index (κ1) is 19.5. The molecule has 1 aromatic carbocycles. The van der Waals surface area contributed by atoms with Gasteiger partial charge in [0.05, 0.1) is 23.3 Å². The van der Waals surface area contributed by atoms with E-state index in [1.165, 1.54) is 0 Å². The molecular weight excluding hydrogens is 352 g/mol. The van der Waals surface area contributed by atoms with E-state index < -0.39 is 5.60 Å². The van der Waals surface area contributed by atoms with E-state index in [-0.39, 0.29) is 5.91 Å². The maximum atomic E-state index is 13.0. The Morgan fingerprint density at radius 3 is 2.88 bits per heavy atom. The highest BCUT2D eigenvalue weighted by molar-refractivity contribution is 6.35. The number of piperidine rings is 1. The summed E-state index contributed by atoms with van der Waals surface area (Å²) in [6.07, 6.45) is 2.55. The molecule has 2 heterocycles. The fraction of sp³-hybridized carbons (Fsp3) is 0.650. The minimum atomic E-state index is -0.590. The van der Waals surface area contributed by atoms with E-state index in [0.29, 0.717) is 47.9 Å². The van der Waals surface area contributed by atoms with E-state index in [0.717, 1.165) is 25.8 Å².